The van der Waals surface area contributed by atoms with Crippen molar-refractivity contribution in [3.63, 3.8) is 0 Å². The predicted molar refractivity (Wildman–Crippen MR) is 67.6 cm³/mol. The van der Waals surface area contributed by atoms with E-state index in [4.69, 9.17) is 4.74 Å². The normalized spacial score (nSPS) is 12.4. The summed E-state index contributed by atoms with van der Waals surface area (Å²) in [5.41, 5.74) is 0.942. The lowest BCUT2D eigenvalue weighted by atomic mass is 10.3. The molecular weight excluding hydrogens is 238 g/mol. The molecule has 0 unspecified atom stereocenters. The van der Waals surface area contributed by atoms with Gasteiger partial charge in [-0.25, -0.2) is 4.79 Å². The molecule has 5 heteroatoms. The molecule has 4 nitrogen and oxygen atoms in total. The summed E-state index contributed by atoms with van der Waals surface area (Å²) in [6.45, 7) is 3.87. The number of ether oxygens (including phenoxy) is 1. The molecule has 0 radical (unpaired) electrons. The van der Waals surface area contributed by atoms with Crippen molar-refractivity contribution in [1.29, 1.82) is 0 Å². The van der Waals surface area contributed by atoms with Gasteiger partial charge in [-0.05, 0) is 42.3 Å². The van der Waals surface area contributed by atoms with Crippen molar-refractivity contribution in [2.75, 3.05) is 6.54 Å². The molecule has 92 valence electrons. The largest absolute Gasteiger partial charge is 0.449 e. The molecule has 0 spiro atoms. The summed E-state index contributed by atoms with van der Waals surface area (Å²) in [6, 6.07) is 1.89. The molecule has 0 aromatic carbocycles. The monoisotopic (exact) mass is 253 g/mol. The second kappa shape index (κ2) is 6.85. The van der Waals surface area contributed by atoms with Crippen molar-refractivity contribution in [2.24, 2.45) is 0 Å². The second-order valence-corrected chi connectivity index (χ2v) is 4.14. The first-order valence-electron chi connectivity index (χ1n) is 5.32. The van der Waals surface area contributed by atoms with Gasteiger partial charge >= 0.3 is 5.97 Å². The van der Waals surface area contributed by atoms with Gasteiger partial charge in [0.25, 0.3) is 5.91 Å². The van der Waals surface area contributed by atoms with Gasteiger partial charge in [-0.15, -0.1) is 0 Å². The van der Waals surface area contributed by atoms with Crippen molar-refractivity contribution in [3.8, 4) is 0 Å². The number of likely N-dealkylation sites (N-methyl/N-ethyl adjacent to an activating group) is 1. The molecule has 0 aliphatic heterocycles. The average Bonchev–Trinajstić information content (AvgIpc) is 2.79. The van der Waals surface area contributed by atoms with E-state index >= 15 is 0 Å². The predicted octanol–water partition coefficient (Wildman–Crippen LogP) is 1.83. The number of nitrogens with one attached hydrogen (secondary N) is 1. The van der Waals surface area contributed by atoms with Crippen LogP contribution in [0.1, 0.15) is 19.4 Å². The minimum Gasteiger partial charge on any atom is -0.449 e. The van der Waals surface area contributed by atoms with E-state index in [1.807, 2.05) is 23.8 Å². The first-order valence-corrected chi connectivity index (χ1v) is 6.26. The van der Waals surface area contributed by atoms with Crippen molar-refractivity contribution < 1.29 is 14.3 Å². The number of thiophene rings is 1. The Hall–Kier alpha value is -1.62. The van der Waals surface area contributed by atoms with Crippen LogP contribution in [0.3, 0.4) is 0 Å². The van der Waals surface area contributed by atoms with Gasteiger partial charge in [-0.1, -0.05) is 0 Å². The van der Waals surface area contributed by atoms with Crippen LogP contribution in [0.2, 0.25) is 0 Å². The van der Waals surface area contributed by atoms with Crippen molar-refractivity contribution in [2.45, 2.75) is 20.0 Å². The third-order valence-electron chi connectivity index (χ3n) is 1.97. The van der Waals surface area contributed by atoms with Crippen LogP contribution >= 0.6 is 11.3 Å². The molecular formula is C12H15NO3S. The number of hydrogen-bond acceptors (Lipinski definition) is 4. The minimum absolute atomic E-state index is 0.287. The second-order valence-electron chi connectivity index (χ2n) is 3.36. The number of carbonyl (C=O) groups is 2. The molecule has 0 fully saturated rings. The van der Waals surface area contributed by atoms with Gasteiger partial charge in [0.2, 0.25) is 0 Å². The first kappa shape index (κ1) is 13.4. The molecule has 1 heterocycles. The fourth-order valence-electron chi connectivity index (χ4n) is 1.12. The highest BCUT2D eigenvalue weighted by Gasteiger charge is 2.14. The molecule has 0 saturated heterocycles. The lowest BCUT2D eigenvalue weighted by Crippen LogP contribution is -2.35. The van der Waals surface area contributed by atoms with Gasteiger partial charge in [0.1, 0.15) is 0 Å². The summed E-state index contributed by atoms with van der Waals surface area (Å²) in [7, 11) is 0. The zero-order valence-electron chi connectivity index (χ0n) is 9.80. The van der Waals surface area contributed by atoms with Crippen molar-refractivity contribution in [1.82, 2.24) is 5.32 Å². The van der Waals surface area contributed by atoms with E-state index < -0.39 is 12.1 Å². The van der Waals surface area contributed by atoms with Crippen molar-refractivity contribution in [3.05, 3.63) is 28.5 Å². The molecule has 0 aliphatic carbocycles. The zero-order valence-corrected chi connectivity index (χ0v) is 10.6. The van der Waals surface area contributed by atoms with E-state index in [1.165, 1.54) is 6.08 Å². The lowest BCUT2D eigenvalue weighted by molar-refractivity contribution is -0.150. The summed E-state index contributed by atoms with van der Waals surface area (Å²) in [4.78, 5) is 22.7. The summed E-state index contributed by atoms with van der Waals surface area (Å²) >= 11 is 1.55. The molecule has 0 bridgehead atoms. The molecule has 1 amide bonds. The Morgan fingerprint density at radius 1 is 1.59 bits per heavy atom. The SMILES string of the molecule is CCNC(=O)[C@@H](C)OC(=O)/C=C/c1ccsc1. The van der Waals surface area contributed by atoms with E-state index in [0.29, 0.717) is 6.54 Å². The van der Waals surface area contributed by atoms with Gasteiger partial charge in [0.15, 0.2) is 6.10 Å². The summed E-state index contributed by atoms with van der Waals surface area (Å²) < 4.78 is 4.93. The molecule has 1 aromatic rings. The molecule has 17 heavy (non-hydrogen) atoms. The van der Waals surface area contributed by atoms with E-state index in [1.54, 1.807) is 24.3 Å². The minimum atomic E-state index is -0.769. The van der Waals surface area contributed by atoms with Crippen LogP contribution in [0.15, 0.2) is 22.9 Å². The Balaban J connectivity index is 2.41. The first-order chi connectivity index (χ1) is 8.13. The van der Waals surface area contributed by atoms with Crippen LogP contribution in [0.5, 0.6) is 0 Å². The Labute approximate surface area is 104 Å². The molecule has 0 saturated carbocycles. The van der Waals surface area contributed by atoms with E-state index in [2.05, 4.69) is 5.32 Å². The van der Waals surface area contributed by atoms with Crippen LogP contribution < -0.4 is 5.32 Å². The number of carbonyl (C=O) groups excluding carboxylic acids is 2. The highest BCUT2D eigenvalue weighted by molar-refractivity contribution is 7.08. The summed E-state index contributed by atoms with van der Waals surface area (Å²) in [5, 5.41) is 6.41. The topological polar surface area (TPSA) is 55.4 Å². The molecule has 1 N–H and O–H groups in total. The third kappa shape index (κ3) is 4.82. The standard InChI is InChI=1S/C12H15NO3S/c1-3-13-12(15)9(2)16-11(14)5-4-10-6-7-17-8-10/h4-9H,3H2,1-2H3,(H,13,15)/b5-4+/t9-/m1/s1. The molecule has 1 aromatic heterocycles. The summed E-state index contributed by atoms with van der Waals surface area (Å²) in [6.07, 6.45) is 2.20. The number of hydrogen-bond donors (Lipinski definition) is 1. The smallest absolute Gasteiger partial charge is 0.331 e. The van der Waals surface area contributed by atoms with Crippen LogP contribution in [0, 0.1) is 0 Å². The maximum atomic E-state index is 11.4. The maximum absolute atomic E-state index is 11.4. The van der Waals surface area contributed by atoms with Crippen LogP contribution in [0.4, 0.5) is 0 Å². The highest BCUT2D eigenvalue weighted by atomic mass is 32.1. The van der Waals surface area contributed by atoms with E-state index in [-0.39, 0.29) is 5.91 Å². The van der Waals surface area contributed by atoms with Crippen LogP contribution in [0.25, 0.3) is 6.08 Å². The summed E-state index contributed by atoms with van der Waals surface area (Å²) in [5.74, 6) is -0.806. The van der Waals surface area contributed by atoms with Crippen LogP contribution in [-0.4, -0.2) is 24.5 Å². The molecule has 0 aliphatic rings. The lowest BCUT2D eigenvalue weighted by Gasteiger charge is -2.10. The quantitative estimate of drug-likeness (QED) is 0.643. The van der Waals surface area contributed by atoms with E-state index in [0.717, 1.165) is 5.56 Å². The Bertz CT molecular complexity index is 398. The number of esters is 1. The molecule has 1 rings (SSSR count). The fraction of sp³-hybridized carbons (Fsp3) is 0.333. The van der Waals surface area contributed by atoms with Gasteiger partial charge in [-0.3, -0.25) is 4.79 Å². The molecule has 1 atom stereocenters. The maximum Gasteiger partial charge on any atom is 0.331 e. The Morgan fingerprint density at radius 2 is 2.35 bits per heavy atom. The number of amides is 1. The van der Waals surface area contributed by atoms with Crippen molar-refractivity contribution >= 4 is 29.3 Å². The van der Waals surface area contributed by atoms with Gasteiger partial charge in [0, 0.05) is 12.6 Å². The van der Waals surface area contributed by atoms with E-state index in [9.17, 15) is 9.59 Å². The number of rotatable bonds is 5. The Morgan fingerprint density at radius 3 is 2.94 bits per heavy atom. The van der Waals surface area contributed by atoms with Gasteiger partial charge in [0.05, 0.1) is 0 Å². The van der Waals surface area contributed by atoms with Gasteiger partial charge in [-0.2, -0.15) is 11.3 Å². The average molecular weight is 253 g/mol. The highest BCUT2D eigenvalue weighted by Crippen LogP contribution is 2.07. The Kier molecular flexibility index (Phi) is 5.42. The van der Waals surface area contributed by atoms with Crippen LogP contribution in [-0.2, 0) is 14.3 Å². The van der Waals surface area contributed by atoms with Gasteiger partial charge < -0.3 is 10.1 Å². The fourth-order valence-corrected chi connectivity index (χ4v) is 1.75. The third-order valence-corrected chi connectivity index (χ3v) is 2.67. The zero-order chi connectivity index (χ0) is 12.7.